The minimum atomic E-state index is 0.361. The molecule has 0 aliphatic carbocycles. The predicted octanol–water partition coefficient (Wildman–Crippen LogP) is 4.34. The Kier molecular flexibility index (Phi) is 6.99. The first-order chi connectivity index (χ1) is 13.3. The van der Waals surface area contributed by atoms with Gasteiger partial charge in [-0.2, -0.15) is 0 Å². The standard InChI is InChI=1S/C22H26N4S/c1-17-15-25-21(27-17)16-26-22(23-2)24-14-13-20(18-9-5-3-6-10-18)19-11-7-4-8-12-19/h3-12,15,20H,13-14,16H2,1-2H3,(H2,23,24,26). The van der Waals surface area contributed by atoms with Gasteiger partial charge in [0.05, 0.1) is 6.54 Å². The van der Waals surface area contributed by atoms with E-state index in [4.69, 9.17) is 0 Å². The molecule has 3 aromatic rings. The van der Waals surface area contributed by atoms with E-state index < -0.39 is 0 Å². The van der Waals surface area contributed by atoms with Crippen LogP contribution in [0.15, 0.2) is 71.9 Å². The topological polar surface area (TPSA) is 49.3 Å². The maximum atomic E-state index is 4.38. The number of aliphatic imine (C=N–C) groups is 1. The maximum absolute atomic E-state index is 4.38. The summed E-state index contributed by atoms with van der Waals surface area (Å²) in [6, 6.07) is 21.4. The van der Waals surface area contributed by atoms with Gasteiger partial charge in [-0.15, -0.1) is 11.3 Å². The van der Waals surface area contributed by atoms with E-state index in [0.29, 0.717) is 12.5 Å². The molecular weight excluding hydrogens is 352 g/mol. The molecule has 0 spiro atoms. The van der Waals surface area contributed by atoms with Gasteiger partial charge in [0.15, 0.2) is 5.96 Å². The quantitative estimate of drug-likeness (QED) is 0.475. The van der Waals surface area contributed by atoms with Crippen LogP contribution in [0.4, 0.5) is 0 Å². The van der Waals surface area contributed by atoms with Crippen molar-refractivity contribution in [3.8, 4) is 0 Å². The molecular formula is C22H26N4S. The van der Waals surface area contributed by atoms with Crippen molar-refractivity contribution in [2.75, 3.05) is 13.6 Å². The molecule has 4 nitrogen and oxygen atoms in total. The lowest BCUT2D eigenvalue weighted by molar-refractivity contribution is 0.678. The summed E-state index contributed by atoms with van der Waals surface area (Å²) in [5, 5.41) is 7.84. The average molecular weight is 379 g/mol. The van der Waals surface area contributed by atoms with Crippen LogP contribution < -0.4 is 10.6 Å². The fourth-order valence-electron chi connectivity index (χ4n) is 3.09. The van der Waals surface area contributed by atoms with Gasteiger partial charge in [0, 0.05) is 30.6 Å². The molecule has 0 saturated carbocycles. The molecule has 27 heavy (non-hydrogen) atoms. The summed E-state index contributed by atoms with van der Waals surface area (Å²) >= 11 is 1.71. The van der Waals surface area contributed by atoms with Crippen molar-refractivity contribution in [2.45, 2.75) is 25.8 Å². The highest BCUT2D eigenvalue weighted by Crippen LogP contribution is 2.27. The zero-order valence-corrected chi connectivity index (χ0v) is 16.7. The number of benzene rings is 2. The summed E-state index contributed by atoms with van der Waals surface area (Å²) in [6.45, 7) is 3.60. The lowest BCUT2D eigenvalue weighted by Gasteiger charge is -2.19. The SMILES string of the molecule is CN=C(NCCC(c1ccccc1)c1ccccc1)NCc1ncc(C)s1. The van der Waals surface area contributed by atoms with E-state index in [0.717, 1.165) is 23.9 Å². The van der Waals surface area contributed by atoms with E-state index in [-0.39, 0.29) is 0 Å². The molecule has 0 unspecified atom stereocenters. The van der Waals surface area contributed by atoms with Gasteiger partial charge in [-0.05, 0) is 24.5 Å². The predicted molar refractivity (Wildman–Crippen MR) is 114 cm³/mol. The van der Waals surface area contributed by atoms with Crippen LogP contribution in [-0.2, 0) is 6.54 Å². The Morgan fingerprint density at radius 3 is 2.15 bits per heavy atom. The molecule has 1 aromatic heterocycles. The summed E-state index contributed by atoms with van der Waals surface area (Å²) < 4.78 is 0. The van der Waals surface area contributed by atoms with Crippen LogP contribution in [0.1, 0.15) is 33.4 Å². The summed E-state index contributed by atoms with van der Waals surface area (Å²) in [4.78, 5) is 9.93. The second kappa shape index (κ2) is 9.88. The van der Waals surface area contributed by atoms with Crippen molar-refractivity contribution in [3.05, 3.63) is 87.9 Å². The van der Waals surface area contributed by atoms with Crippen LogP contribution in [-0.4, -0.2) is 24.5 Å². The van der Waals surface area contributed by atoms with E-state index >= 15 is 0 Å². The van der Waals surface area contributed by atoms with Crippen molar-refractivity contribution < 1.29 is 0 Å². The van der Waals surface area contributed by atoms with Crippen molar-refractivity contribution in [1.82, 2.24) is 15.6 Å². The van der Waals surface area contributed by atoms with Gasteiger partial charge in [-0.25, -0.2) is 4.98 Å². The Bertz CT molecular complexity index is 804. The average Bonchev–Trinajstić information content (AvgIpc) is 3.14. The van der Waals surface area contributed by atoms with Crippen molar-refractivity contribution in [3.63, 3.8) is 0 Å². The van der Waals surface area contributed by atoms with E-state index in [1.807, 2.05) is 6.20 Å². The van der Waals surface area contributed by atoms with E-state index in [1.54, 1.807) is 18.4 Å². The normalized spacial score (nSPS) is 11.6. The van der Waals surface area contributed by atoms with Crippen LogP contribution in [0, 0.1) is 6.92 Å². The lowest BCUT2D eigenvalue weighted by atomic mass is 9.88. The van der Waals surface area contributed by atoms with Gasteiger partial charge >= 0.3 is 0 Å². The molecule has 0 atom stereocenters. The van der Waals surface area contributed by atoms with E-state index in [2.05, 4.69) is 88.2 Å². The Balaban J connectivity index is 1.58. The minimum absolute atomic E-state index is 0.361. The number of thiazole rings is 1. The van der Waals surface area contributed by atoms with Gasteiger partial charge in [0.1, 0.15) is 5.01 Å². The van der Waals surface area contributed by atoms with Gasteiger partial charge in [-0.1, -0.05) is 60.7 Å². The van der Waals surface area contributed by atoms with Crippen LogP contribution >= 0.6 is 11.3 Å². The van der Waals surface area contributed by atoms with Gasteiger partial charge in [-0.3, -0.25) is 4.99 Å². The molecule has 0 fully saturated rings. The van der Waals surface area contributed by atoms with Gasteiger partial charge in [0.2, 0.25) is 0 Å². The van der Waals surface area contributed by atoms with Crippen LogP contribution in [0.5, 0.6) is 0 Å². The Hall–Kier alpha value is -2.66. The summed E-state index contributed by atoms with van der Waals surface area (Å²) in [6.07, 6.45) is 2.90. The summed E-state index contributed by atoms with van der Waals surface area (Å²) in [7, 11) is 1.80. The van der Waals surface area contributed by atoms with E-state index in [1.165, 1.54) is 16.0 Å². The number of hydrogen-bond acceptors (Lipinski definition) is 3. The molecule has 1 heterocycles. The highest BCUT2D eigenvalue weighted by molar-refractivity contribution is 7.11. The number of nitrogens with one attached hydrogen (secondary N) is 2. The van der Waals surface area contributed by atoms with Crippen molar-refractivity contribution >= 4 is 17.3 Å². The molecule has 0 amide bonds. The highest BCUT2D eigenvalue weighted by atomic mass is 32.1. The minimum Gasteiger partial charge on any atom is -0.356 e. The maximum Gasteiger partial charge on any atom is 0.191 e. The fraction of sp³-hybridized carbons (Fsp3) is 0.273. The monoisotopic (exact) mass is 378 g/mol. The molecule has 140 valence electrons. The first-order valence-corrected chi connectivity index (χ1v) is 10.0. The lowest BCUT2D eigenvalue weighted by Crippen LogP contribution is -2.37. The summed E-state index contributed by atoms with van der Waals surface area (Å²) in [5.74, 6) is 1.17. The third-order valence-corrected chi connectivity index (χ3v) is 5.34. The van der Waals surface area contributed by atoms with Crippen molar-refractivity contribution in [2.24, 2.45) is 4.99 Å². The Labute approximate surface area is 165 Å². The number of aryl methyl sites for hydroxylation is 1. The number of nitrogens with zero attached hydrogens (tertiary/aromatic N) is 2. The van der Waals surface area contributed by atoms with Crippen LogP contribution in [0.3, 0.4) is 0 Å². The Morgan fingerprint density at radius 1 is 1.00 bits per heavy atom. The van der Waals surface area contributed by atoms with Crippen LogP contribution in [0.2, 0.25) is 0 Å². The number of aromatic nitrogens is 1. The molecule has 0 radical (unpaired) electrons. The molecule has 0 bridgehead atoms. The number of guanidine groups is 1. The number of rotatable bonds is 7. The van der Waals surface area contributed by atoms with Crippen LogP contribution in [0.25, 0.3) is 0 Å². The van der Waals surface area contributed by atoms with Gasteiger partial charge in [0.25, 0.3) is 0 Å². The zero-order valence-electron chi connectivity index (χ0n) is 15.9. The molecule has 3 rings (SSSR count). The summed E-state index contributed by atoms with van der Waals surface area (Å²) in [5.41, 5.74) is 2.68. The fourth-order valence-corrected chi connectivity index (χ4v) is 3.82. The Morgan fingerprint density at radius 2 is 1.63 bits per heavy atom. The van der Waals surface area contributed by atoms with E-state index in [9.17, 15) is 0 Å². The highest BCUT2D eigenvalue weighted by Gasteiger charge is 2.13. The largest absolute Gasteiger partial charge is 0.356 e. The molecule has 5 heteroatoms. The van der Waals surface area contributed by atoms with Gasteiger partial charge < -0.3 is 10.6 Å². The first kappa shape index (κ1) is 19.1. The first-order valence-electron chi connectivity index (χ1n) is 9.22. The second-order valence-corrected chi connectivity index (χ2v) is 7.70. The molecule has 0 aliphatic rings. The molecule has 2 aromatic carbocycles. The smallest absolute Gasteiger partial charge is 0.191 e. The number of hydrogen-bond donors (Lipinski definition) is 2. The zero-order chi connectivity index (χ0) is 18.9. The second-order valence-electron chi connectivity index (χ2n) is 6.38. The third kappa shape index (κ3) is 5.66. The third-order valence-electron chi connectivity index (χ3n) is 4.43. The molecule has 2 N–H and O–H groups in total. The van der Waals surface area contributed by atoms with Crippen molar-refractivity contribution in [1.29, 1.82) is 0 Å². The molecule has 0 aliphatic heterocycles. The molecule has 0 saturated heterocycles.